The minimum absolute atomic E-state index is 0.317. The maximum atomic E-state index is 13.7. The van der Waals surface area contributed by atoms with E-state index >= 15 is 0 Å². The zero-order chi connectivity index (χ0) is 11.8. The second-order valence-corrected chi connectivity index (χ2v) is 4.49. The molecule has 0 aliphatic carbocycles. The Morgan fingerprint density at radius 2 is 2.00 bits per heavy atom. The molecular formula is C12H7BrFN3. The molecule has 0 radical (unpaired) electrons. The van der Waals surface area contributed by atoms with E-state index in [-0.39, 0.29) is 5.82 Å². The number of aromatic nitrogens is 3. The van der Waals surface area contributed by atoms with Crippen molar-refractivity contribution in [3.63, 3.8) is 0 Å². The summed E-state index contributed by atoms with van der Waals surface area (Å²) in [6.45, 7) is 0. The monoisotopic (exact) mass is 291 g/mol. The van der Waals surface area contributed by atoms with E-state index in [0.29, 0.717) is 11.3 Å². The summed E-state index contributed by atoms with van der Waals surface area (Å²) < 4.78 is 16.0. The Morgan fingerprint density at radius 1 is 1.18 bits per heavy atom. The maximum absolute atomic E-state index is 13.7. The molecule has 17 heavy (non-hydrogen) atoms. The molecule has 1 aromatic carbocycles. The fourth-order valence-electron chi connectivity index (χ4n) is 1.69. The van der Waals surface area contributed by atoms with Crippen molar-refractivity contribution < 1.29 is 4.39 Å². The van der Waals surface area contributed by atoms with Gasteiger partial charge in [-0.1, -0.05) is 12.1 Å². The third kappa shape index (κ3) is 1.72. The van der Waals surface area contributed by atoms with Crippen LogP contribution >= 0.6 is 15.9 Å². The Balaban J connectivity index is 2.29. The molecule has 0 N–H and O–H groups in total. The SMILES string of the molecule is Fc1ccccc1-n1ncc2cc(Br)cnc21. The maximum Gasteiger partial charge on any atom is 0.163 e. The average molecular weight is 292 g/mol. The molecule has 3 aromatic rings. The predicted molar refractivity (Wildman–Crippen MR) is 66.5 cm³/mol. The van der Waals surface area contributed by atoms with E-state index in [0.717, 1.165) is 9.86 Å². The predicted octanol–water partition coefficient (Wildman–Crippen LogP) is 3.32. The van der Waals surface area contributed by atoms with E-state index in [1.54, 1.807) is 30.6 Å². The van der Waals surface area contributed by atoms with E-state index in [1.165, 1.54) is 10.7 Å². The van der Waals surface area contributed by atoms with E-state index in [4.69, 9.17) is 0 Å². The van der Waals surface area contributed by atoms with E-state index < -0.39 is 0 Å². The van der Waals surface area contributed by atoms with Crippen LogP contribution in [-0.2, 0) is 0 Å². The molecule has 0 amide bonds. The highest BCUT2D eigenvalue weighted by Gasteiger charge is 2.09. The lowest BCUT2D eigenvalue weighted by Gasteiger charge is -2.03. The molecule has 0 atom stereocenters. The fourth-order valence-corrected chi connectivity index (χ4v) is 2.04. The molecule has 5 heteroatoms. The molecule has 0 saturated heterocycles. The Bertz CT molecular complexity index is 693. The largest absolute Gasteiger partial charge is 0.235 e. The van der Waals surface area contributed by atoms with Crippen LogP contribution in [0.15, 0.2) is 47.2 Å². The van der Waals surface area contributed by atoms with Gasteiger partial charge in [-0.15, -0.1) is 0 Å². The number of pyridine rings is 1. The zero-order valence-corrected chi connectivity index (χ0v) is 10.2. The van der Waals surface area contributed by atoms with Crippen molar-refractivity contribution in [3.8, 4) is 5.69 Å². The first-order valence-corrected chi connectivity index (χ1v) is 5.79. The van der Waals surface area contributed by atoms with Crippen molar-refractivity contribution in [3.05, 3.63) is 53.0 Å². The van der Waals surface area contributed by atoms with Crippen molar-refractivity contribution in [1.82, 2.24) is 14.8 Å². The normalized spacial score (nSPS) is 10.9. The number of fused-ring (bicyclic) bond motifs is 1. The molecule has 0 bridgehead atoms. The van der Waals surface area contributed by atoms with Gasteiger partial charge in [0.1, 0.15) is 11.5 Å². The van der Waals surface area contributed by atoms with Gasteiger partial charge in [-0.2, -0.15) is 5.10 Å². The summed E-state index contributed by atoms with van der Waals surface area (Å²) in [5.74, 6) is -0.317. The Hall–Kier alpha value is -1.75. The zero-order valence-electron chi connectivity index (χ0n) is 8.64. The molecule has 0 aliphatic rings. The van der Waals surface area contributed by atoms with E-state index in [9.17, 15) is 4.39 Å². The van der Waals surface area contributed by atoms with Crippen LogP contribution in [0.4, 0.5) is 4.39 Å². The van der Waals surface area contributed by atoms with Crippen LogP contribution in [0.5, 0.6) is 0 Å². The molecule has 2 heterocycles. The molecule has 0 aliphatic heterocycles. The Kier molecular flexibility index (Phi) is 2.40. The van der Waals surface area contributed by atoms with Gasteiger partial charge in [0.05, 0.1) is 6.20 Å². The smallest absolute Gasteiger partial charge is 0.163 e. The first kappa shape index (κ1) is 10.4. The molecule has 3 nitrogen and oxygen atoms in total. The van der Waals surface area contributed by atoms with Gasteiger partial charge in [0.15, 0.2) is 5.65 Å². The fraction of sp³-hybridized carbons (Fsp3) is 0. The van der Waals surface area contributed by atoms with Gasteiger partial charge in [-0.05, 0) is 34.1 Å². The van der Waals surface area contributed by atoms with Gasteiger partial charge in [-0.3, -0.25) is 0 Å². The van der Waals surface area contributed by atoms with Gasteiger partial charge in [-0.25, -0.2) is 14.1 Å². The standard InChI is InChI=1S/C12H7BrFN3/c13-9-5-8-6-16-17(12(8)15-7-9)11-4-2-1-3-10(11)14/h1-7H. The number of hydrogen-bond acceptors (Lipinski definition) is 2. The summed E-state index contributed by atoms with van der Waals surface area (Å²) in [5, 5.41) is 5.02. The van der Waals surface area contributed by atoms with Crippen LogP contribution in [-0.4, -0.2) is 14.8 Å². The molecule has 0 fully saturated rings. The number of hydrogen-bond donors (Lipinski definition) is 0. The summed E-state index contributed by atoms with van der Waals surface area (Å²) in [4.78, 5) is 4.25. The topological polar surface area (TPSA) is 30.7 Å². The van der Waals surface area contributed by atoms with Crippen molar-refractivity contribution >= 4 is 27.0 Å². The van der Waals surface area contributed by atoms with Gasteiger partial charge in [0.2, 0.25) is 0 Å². The molecule has 0 unspecified atom stereocenters. The van der Waals surface area contributed by atoms with Crippen LogP contribution in [0.1, 0.15) is 0 Å². The molecular weight excluding hydrogens is 285 g/mol. The van der Waals surface area contributed by atoms with Crippen LogP contribution in [0, 0.1) is 5.82 Å². The summed E-state index contributed by atoms with van der Waals surface area (Å²) >= 11 is 3.34. The van der Waals surface area contributed by atoms with Crippen LogP contribution in [0.2, 0.25) is 0 Å². The molecule has 2 aromatic heterocycles. The lowest BCUT2D eigenvalue weighted by atomic mass is 10.3. The first-order chi connectivity index (χ1) is 8.25. The molecule has 3 rings (SSSR count). The molecule has 0 saturated carbocycles. The lowest BCUT2D eigenvalue weighted by molar-refractivity contribution is 0.612. The molecule has 84 valence electrons. The molecule has 0 spiro atoms. The number of halogens is 2. The Labute approximate surface area is 105 Å². The van der Waals surface area contributed by atoms with Crippen molar-refractivity contribution in [1.29, 1.82) is 0 Å². The third-order valence-corrected chi connectivity index (χ3v) is 2.89. The quantitative estimate of drug-likeness (QED) is 0.689. The second kappa shape index (κ2) is 3.92. The Morgan fingerprint density at radius 3 is 2.82 bits per heavy atom. The first-order valence-electron chi connectivity index (χ1n) is 5.00. The number of benzene rings is 1. The summed E-state index contributed by atoms with van der Waals surface area (Å²) in [7, 11) is 0. The van der Waals surface area contributed by atoms with Crippen LogP contribution < -0.4 is 0 Å². The van der Waals surface area contributed by atoms with Crippen molar-refractivity contribution in [2.45, 2.75) is 0 Å². The minimum atomic E-state index is -0.317. The van der Waals surface area contributed by atoms with Crippen LogP contribution in [0.3, 0.4) is 0 Å². The van der Waals surface area contributed by atoms with Gasteiger partial charge in [0, 0.05) is 16.1 Å². The van der Waals surface area contributed by atoms with Gasteiger partial charge >= 0.3 is 0 Å². The summed E-state index contributed by atoms with van der Waals surface area (Å²) in [6.07, 6.45) is 3.33. The highest BCUT2D eigenvalue weighted by atomic mass is 79.9. The number of rotatable bonds is 1. The second-order valence-electron chi connectivity index (χ2n) is 3.57. The van der Waals surface area contributed by atoms with Gasteiger partial charge in [0.25, 0.3) is 0 Å². The van der Waals surface area contributed by atoms with Gasteiger partial charge < -0.3 is 0 Å². The summed E-state index contributed by atoms with van der Waals surface area (Å²) in [5.41, 5.74) is 1.04. The van der Waals surface area contributed by atoms with Crippen LogP contribution in [0.25, 0.3) is 16.7 Å². The minimum Gasteiger partial charge on any atom is -0.235 e. The average Bonchev–Trinajstić information content (AvgIpc) is 2.72. The lowest BCUT2D eigenvalue weighted by Crippen LogP contribution is -2.00. The number of para-hydroxylation sites is 1. The highest BCUT2D eigenvalue weighted by Crippen LogP contribution is 2.21. The van der Waals surface area contributed by atoms with Crippen molar-refractivity contribution in [2.75, 3.05) is 0 Å². The number of nitrogens with zero attached hydrogens (tertiary/aromatic N) is 3. The van der Waals surface area contributed by atoms with E-state index in [2.05, 4.69) is 26.0 Å². The third-order valence-electron chi connectivity index (χ3n) is 2.46. The van der Waals surface area contributed by atoms with Crippen molar-refractivity contribution in [2.24, 2.45) is 0 Å². The highest BCUT2D eigenvalue weighted by molar-refractivity contribution is 9.10. The van der Waals surface area contributed by atoms with E-state index in [1.807, 2.05) is 6.07 Å². The summed E-state index contributed by atoms with van der Waals surface area (Å²) in [6, 6.07) is 8.39.